The van der Waals surface area contributed by atoms with Gasteiger partial charge in [0.1, 0.15) is 5.75 Å². The fourth-order valence-electron chi connectivity index (χ4n) is 3.61. The number of ether oxygens (including phenoxy) is 2. The molecule has 3 heteroatoms. The molecule has 2 saturated carbocycles. The highest BCUT2D eigenvalue weighted by Gasteiger charge is 2.28. The van der Waals surface area contributed by atoms with E-state index in [9.17, 15) is 4.79 Å². The Bertz CT molecular complexity index is 540. The maximum Gasteiger partial charge on any atom is 0.166 e. The van der Waals surface area contributed by atoms with E-state index in [0.717, 1.165) is 49.2 Å². The number of ketones is 1. The highest BCUT2D eigenvalue weighted by Crippen LogP contribution is 2.31. The average Bonchev–Trinajstić information content (AvgIpc) is 2.54. The molecule has 0 atom stereocenters. The molecule has 0 aliphatic heterocycles. The van der Waals surface area contributed by atoms with Crippen molar-refractivity contribution in [1.82, 2.24) is 0 Å². The van der Waals surface area contributed by atoms with Crippen LogP contribution < -0.4 is 4.74 Å². The second-order valence-corrected chi connectivity index (χ2v) is 7.16. The summed E-state index contributed by atoms with van der Waals surface area (Å²) in [5, 5.41) is 0. The standard InChI is InChI=1S/C20H28O3/c1-14-6-9-18(23-13-15-4-3-5-15)12-19(14)20(21)16-7-10-17(22-2)11-8-16/h6,9,12,15-17H,3-5,7-8,10-11,13H2,1-2H3. The summed E-state index contributed by atoms with van der Waals surface area (Å²) in [6.07, 6.45) is 8.07. The van der Waals surface area contributed by atoms with E-state index < -0.39 is 0 Å². The fraction of sp³-hybridized carbons (Fsp3) is 0.650. The molecule has 1 aromatic rings. The molecular formula is C20H28O3. The van der Waals surface area contributed by atoms with Gasteiger partial charge in [-0.05, 0) is 69.1 Å². The number of carbonyl (C=O) groups is 1. The number of Topliss-reactive ketones (excluding diaryl/α,β-unsaturated/α-hetero) is 1. The zero-order chi connectivity index (χ0) is 16.2. The number of hydrogen-bond acceptors (Lipinski definition) is 3. The van der Waals surface area contributed by atoms with Crippen LogP contribution in [-0.2, 0) is 4.74 Å². The Labute approximate surface area is 139 Å². The smallest absolute Gasteiger partial charge is 0.166 e. The Morgan fingerprint density at radius 2 is 1.87 bits per heavy atom. The predicted octanol–water partition coefficient (Wildman–Crippen LogP) is 4.56. The lowest BCUT2D eigenvalue weighted by atomic mass is 9.81. The molecule has 0 radical (unpaired) electrons. The molecule has 0 saturated heterocycles. The van der Waals surface area contributed by atoms with Crippen LogP contribution in [0, 0.1) is 18.8 Å². The van der Waals surface area contributed by atoms with Crippen LogP contribution in [0.25, 0.3) is 0 Å². The Morgan fingerprint density at radius 1 is 1.13 bits per heavy atom. The van der Waals surface area contributed by atoms with Crippen molar-refractivity contribution in [2.24, 2.45) is 11.8 Å². The number of rotatable bonds is 6. The van der Waals surface area contributed by atoms with Gasteiger partial charge in [-0.2, -0.15) is 0 Å². The zero-order valence-corrected chi connectivity index (χ0v) is 14.3. The van der Waals surface area contributed by atoms with Gasteiger partial charge in [-0.25, -0.2) is 0 Å². The van der Waals surface area contributed by atoms with Crippen molar-refractivity contribution in [3.05, 3.63) is 29.3 Å². The average molecular weight is 316 g/mol. The third-order valence-corrected chi connectivity index (χ3v) is 5.56. The van der Waals surface area contributed by atoms with E-state index in [4.69, 9.17) is 9.47 Å². The zero-order valence-electron chi connectivity index (χ0n) is 14.3. The predicted molar refractivity (Wildman–Crippen MR) is 91.1 cm³/mol. The molecule has 2 aliphatic carbocycles. The van der Waals surface area contributed by atoms with Crippen LogP contribution in [-0.4, -0.2) is 25.6 Å². The Kier molecular flexibility index (Phi) is 5.37. The van der Waals surface area contributed by atoms with E-state index >= 15 is 0 Å². The number of carbonyl (C=O) groups excluding carboxylic acids is 1. The van der Waals surface area contributed by atoms with Crippen LogP contribution in [0.4, 0.5) is 0 Å². The summed E-state index contributed by atoms with van der Waals surface area (Å²) >= 11 is 0. The van der Waals surface area contributed by atoms with Crippen molar-refractivity contribution in [2.45, 2.75) is 58.0 Å². The van der Waals surface area contributed by atoms with Gasteiger partial charge in [0, 0.05) is 18.6 Å². The van der Waals surface area contributed by atoms with Crippen molar-refractivity contribution in [2.75, 3.05) is 13.7 Å². The fourth-order valence-corrected chi connectivity index (χ4v) is 3.61. The third-order valence-electron chi connectivity index (χ3n) is 5.56. The summed E-state index contributed by atoms with van der Waals surface area (Å²) in [7, 11) is 1.76. The van der Waals surface area contributed by atoms with Crippen LogP contribution in [0.5, 0.6) is 5.75 Å². The quantitative estimate of drug-likeness (QED) is 0.722. The van der Waals surface area contributed by atoms with E-state index in [0.29, 0.717) is 12.0 Å². The third kappa shape index (κ3) is 3.95. The minimum Gasteiger partial charge on any atom is -0.493 e. The molecule has 1 aromatic carbocycles. The number of benzene rings is 1. The number of methoxy groups -OCH3 is 1. The molecule has 3 rings (SSSR count). The maximum absolute atomic E-state index is 12.9. The summed E-state index contributed by atoms with van der Waals surface area (Å²) in [5.74, 6) is 1.98. The minimum atomic E-state index is 0.141. The van der Waals surface area contributed by atoms with Crippen LogP contribution in [0.3, 0.4) is 0 Å². The first-order valence-electron chi connectivity index (χ1n) is 8.98. The first-order chi connectivity index (χ1) is 11.2. The molecule has 0 unspecified atom stereocenters. The summed E-state index contributed by atoms with van der Waals surface area (Å²) in [5.41, 5.74) is 1.90. The number of aryl methyl sites for hydroxylation is 1. The van der Waals surface area contributed by atoms with Crippen molar-refractivity contribution in [1.29, 1.82) is 0 Å². The van der Waals surface area contributed by atoms with Crippen molar-refractivity contribution < 1.29 is 14.3 Å². The highest BCUT2D eigenvalue weighted by molar-refractivity contribution is 5.99. The van der Waals surface area contributed by atoms with Gasteiger partial charge in [0.15, 0.2) is 5.78 Å². The lowest BCUT2D eigenvalue weighted by Crippen LogP contribution is -2.26. The van der Waals surface area contributed by atoms with Crippen molar-refractivity contribution in [3.8, 4) is 5.75 Å². The lowest BCUT2D eigenvalue weighted by Gasteiger charge is -2.27. The molecule has 0 heterocycles. The Balaban J connectivity index is 1.64. The van der Waals surface area contributed by atoms with E-state index in [-0.39, 0.29) is 11.7 Å². The van der Waals surface area contributed by atoms with Gasteiger partial charge in [0.2, 0.25) is 0 Å². The topological polar surface area (TPSA) is 35.5 Å². The summed E-state index contributed by atoms with van der Waals surface area (Å²) in [6, 6.07) is 5.97. The normalized spacial score (nSPS) is 25.0. The first-order valence-corrected chi connectivity index (χ1v) is 8.98. The Hall–Kier alpha value is -1.35. The molecule has 2 fully saturated rings. The van der Waals surface area contributed by atoms with E-state index in [1.807, 2.05) is 25.1 Å². The SMILES string of the molecule is COC1CCC(C(=O)c2cc(OCC3CCC3)ccc2C)CC1. The van der Waals surface area contributed by atoms with Crippen LogP contribution >= 0.6 is 0 Å². The molecule has 126 valence electrons. The van der Waals surface area contributed by atoms with E-state index in [1.54, 1.807) is 7.11 Å². The Morgan fingerprint density at radius 3 is 2.48 bits per heavy atom. The van der Waals surface area contributed by atoms with Crippen LogP contribution in [0.2, 0.25) is 0 Å². The second-order valence-electron chi connectivity index (χ2n) is 7.16. The largest absolute Gasteiger partial charge is 0.493 e. The van der Waals surface area contributed by atoms with Gasteiger partial charge in [-0.3, -0.25) is 4.79 Å². The molecule has 2 aliphatic rings. The van der Waals surface area contributed by atoms with Crippen molar-refractivity contribution in [3.63, 3.8) is 0 Å². The maximum atomic E-state index is 12.9. The highest BCUT2D eigenvalue weighted by atomic mass is 16.5. The molecule has 0 spiro atoms. The molecule has 23 heavy (non-hydrogen) atoms. The van der Waals surface area contributed by atoms with Gasteiger partial charge in [-0.1, -0.05) is 12.5 Å². The number of hydrogen-bond donors (Lipinski definition) is 0. The first kappa shape index (κ1) is 16.5. The molecule has 0 aromatic heterocycles. The van der Waals surface area contributed by atoms with Gasteiger partial charge in [0.05, 0.1) is 12.7 Å². The van der Waals surface area contributed by atoms with Crippen LogP contribution in [0.15, 0.2) is 18.2 Å². The lowest BCUT2D eigenvalue weighted by molar-refractivity contribution is 0.0519. The molecule has 0 bridgehead atoms. The van der Waals surface area contributed by atoms with Gasteiger partial charge >= 0.3 is 0 Å². The summed E-state index contributed by atoms with van der Waals surface area (Å²) < 4.78 is 11.3. The van der Waals surface area contributed by atoms with Gasteiger partial charge < -0.3 is 9.47 Å². The van der Waals surface area contributed by atoms with Gasteiger partial charge in [0.25, 0.3) is 0 Å². The second kappa shape index (κ2) is 7.48. The summed E-state index contributed by atoms with van der Waals surface area (Å²) in [6.45, 7) is 2.80. The van der Waals surface area contributed by atoms with E-state index in [2.05, 4.69) is 0 Å². The monoisotopic (exact) mass is 316 g/mol. The molecule has 0 amide bonds. The minimum absolute atomic E-state index is 0.141. The molecule has 3 nitrogen and oxygen atoms in total. The van der Waals surface area contributed by atoms with Crippen molar-refractivity contribution >= 4 is 5.78 Å². The molecule has 0 N–H and O–H groups in total. The molecular weight excluding hydrogens is 288 g/mol. The van der Waals surface area contributed by atoms with E-state index in [1.165, 1.54) is 19.3 Å². The van der Waals surface area contributed by atoms with Gasteiger partial charge in [-0.15, -0.1) is 0 Å². The summed E-state index contributed by atoms with van der Waals surface area (Å²) in [4.78, 5) is 12.9. The van der Waals surface area contributed by atoms with Crippen LogP contribution in [0.1, 0.15) is 60.9 Å².